The van der Waals surface area contributed by atoms with Crippen molar-refractivity contribution in [2.75, 3.05) is 29.0 Å². The lowest BCUT2D eigenvalue weighted by Gasteiger charge is -2.22. The van der Waals surface area contributed by atoms with Crippen molar-refractivity contribution in [3.8, 4) is 0 Å². The van der Waals surface area contributed by atoms with Crippen LogP contribution in [0.25, 0.3) is 10.8 Å². The number of anilines is 3. The summed E-state index contributed by atoms with van der Waals surface area (Å²) in [6, 6.07) is 16.0. The van der Waals surface area contributed by atoms with Gasteiger partial charge in [0.1, 0.15) is 11.5 Å². The Morgan fingerprint density at radius 1 is 1.22 bits per heavy atom. The molecule has 0 spiro atoms. The predicted octanol–water partition coefficient (Wildman–Crippen LogP) is 3.87. The highest BCUT2D eigenvalue weighted by molar-refractivity contribution is 6.10. The smallest absolute Gasteiger partial charge is 0.413 e. The fraction of sp³-hybridized carbons (Fsp3) is 0.150. The second-order valence-electron chi connectivity index (χ2n) is 6.26. The number of hydrogen-bond donors (Lipinski definition) is 3. The molecule has 0 fully saturated rings. The van der Waals surface area contributed by atoms with Crippen LogP contribution in [0.15, 0.2) is 53.5 Å². The Morgan fingerprint density at radius 2 is 2.00 bits per heavy atom. The summed E-state index contributed by atoms with van der Waals surface area (Å²) >= 11 is 0. The number of amides is 1. The number of nitrogens with zero attached hydrogens (tertiary/aromatic N) is 3. The third-order valence-corrected chi connectivity index (χ3v) is 4.61. The standard InChI is InChI=1S/C20H19N5O2/c1-2-25(20(26)27)17-10-15-18(19(21)24-17)23-16(11-22-15)14-8-7-12-5-3-4-6-13(12)9-14/h3-10,22H,2,11H2,1H3,(H2,21,24)(H,26,27). The van der Waals surface area contributed by atoms with E-state index in [9.17, 15) is 9.90 Å². The first-order valence-electron chi connectivity index (χ1n) is 8.68. The highest BCUT2D eigenvalue weighted by Crippen LogP contribution is 2.36. The van der Waals surface area contributed by atoms with Crippen molar-refractivity contribution in [2.24, 2.45) is 4.99 Å². The van der Waals surface area contributed by atoms with Gasteiger partial charge in [0, 0.05) is 12.6 Å². The molecule has 0 unspecified atom stereocenters. The van der Waals surface area contributed by atoms with Gasteiger partial charge in [0.05, 0.1) is 17.9 Å². The molecule has 2 heterocycles. The zero-order chi connectivity index (χ0) is 19.0. The van der Waals surface area contributed by atoms with Gasteiger partial charge in [-0.2, -0.15) is 0 Å². The third-order valence-electron chi connectivity index (χ3n) is 4.61. The van der Waals surface area contributed by atoms with E-state index in [1.54, 1.807) is 13.0 Å². The van der Waals surface area contributed by atoms with E-state index in [-0.39, 0.29) is 18.2 Å². The van der Waals surface area contributed by atoms with Crippen LogP contribution >= 0.6 is 0 Å². The first-order chi connectivity index (χ1) is 13.1. The Morgan fingerprint density at radius 3 is 2.74 bits per heavy atom. The Hall–Kier alpha value is -3.61. The number of carboxylic acid groups (broad SMARTS) is 1. The summed E-state index contributed by atoms with van der Waals surface area (Å²) in [5.41, 5.74) is 9.18. The Labute approximate surface area is 156 Å². The first kappa shape index (κ1) is 16.8. The predicted molar refractivity (Wildman–Crippen MR) is 108 cm³/mol. The molecular weight excluding hydrogens is 342 g/mol. The summed E-state index contributed by atoms with van der Waals surface area (Å²) in [7, 11) is 0. The lowest BCUT2D eigenvalue weighted by Crippen LogP contribution is -2.30. The number of aromatic nitrogens is 1. The lowest BCUT2D eigenvalue weighted by atomic mass is 10.0. The van der Waals surface area contributed by atoms with Crippen LogP contribution in [0.5, 0.6) is 0 Å². The highest BCUT2D eigenvalue weighted by atomic mass is 16.4. The second-order valence-corrected chi connectivity index (χ2v) is 6.26. The van der Waals surface area contributed by atoms with Gasteiger partial charge in [0.2, 0.25) is 0 Å². The number of nitrogens with two attached hydrogens (primary N) is 1. The summed E-state index contributed by atoms with van der Waals surface area (Å²) in [6.45, 7) is 2.55. The van der Waals surface area contributed by atoms with E-state index in [0.29, 0.717) is 17.9 Å². The van der Waals surface area contributed by atoms with E-state index in [2.05, 4.69) is 34.6 Å². The van der Waals surface area contributed by atoms with Crippen LogP contribution < -0.4 is 16.0 Å². The van der Waals surface area contributed by atoms with Gasteiger partial charge in [0.25, 0.3) is 0 Å². The maximum atomic E-state index is 11.4. The largest absolute Gasteiger partial charge is 0.465 e. The molecule has 1 aromatic heterocycles. The van der Waals surface area contributed by atoms with Crippen LogP contribution in [0.2, 0.25) is 0 Å². The number of rotatable bonds is 3. The zero-order valence-electron chi connectivity index (χ0n) is 14.8. The minimum atomic E-state index is -1.07. The lowest BCUT2D eigenvalue weighted by molar-refractivity contribution is 0.202. The van der Waals surface area contributed by atoms with Gasteiger partial charge in [0.15, 0.2) is 5.82 Å². The molecule has 4 rings (SSSR count). The molecule has 1 aliphatic rings. The molecule has 0 saturated carbocycles. The van der Waals surface area contributed by atoms with E-state index in [0.717, 1.165) is 21.6 Å². The maximum Gasteiger partial charge on any atom is 0.413 e. The first-order valence-corrected chi connectivity index (χ1v) is 8.68. The van der Waals surface area contributed by atoms with Crippen LogP contribution in [-0.4, -0.2) is 35.0 Å². The number of nitrogen functional groups attached to an aromatic ring is 1. The molecular formula is C20H19N5O2. The number of pyridine rings is 1. The Bertz CT molecular complexity index is 1080. The molecule has 0 aliphatic carbocycles. The molecule has 7 nitrogen and oxygen atoms in total. The molecule has 4 N–H and O–H groups in total. The molecule has 27 heavy (non-hydrogen) atoms. The number of carbonyl (C=O) groups is 1. The van der Waals surface area contributed by atoms with Gasteiger partial charge in [-0.15, -0.1) is 0 Å². The average Bonchev–Trinajstić information content (AvgIpc) is 2.68. The highest BCUT2D eigenvalue weighted by Gasteiger charge is 2.21. The molecule has 0 atom stereocenters. The second kappa shape index (κ2) is 6.60. The minimum Gasteiger partial charge on any atom is -0.465 e. The molecule has 0 radical (unpaired) electrons. The quantitative estimate of drug-likeness (QED) is 0.657. The molecule has 2 aromatic carbocycles. The maximum absolute atomic E-state index is 11.4. The van der Waals surface area contributed by atoms with Crippen LogP contribution in [0.1, 0.15) is 12.5 Å². The van der Waals surface area contributed by atoms with Gasteiger partial charge < -0.3 is 16.2 Å². The van der Waals surface area contributed by atoms with Crippen LogP contribution in [0.4, 0.5) is 27.8 Å². The number of benzene rings is 2. The van der Waals surface area contributed by atoms with E-state index < -0.39 is 6.09 Å². The number of aliphatic imine (C=N–C) groups is 1. The van der Waals surface area contributed by atoms with E-state index in [1.807, 2.05) is 18.2 Å². The number of fused-ring (bicyclic) bond motifs is 2. The normalized spacial score (nSPS) is 12.9. The van der Waals surface area contributed by atoms with E-state index in [1.165, 1.54) is 5.39 Å². The molecule has 0 bridgehead atoms. The summed E-state index contributed by atoms with van der Waals surface area (Å²) in [5, 5.41) is 14.9. The Balaban J connectivity index is 1.75. The van der Waals surface area contributed by atoms with E-state index >= 15 is 0 Å². The Kier molecular flexibility index (Phi) is 4.12. The topological polar surface area (TPSA) is 104 Å². The molecule has 1 amide bonds. The number of nitrogens with one attached hydrogen (secondary N) is 1. The van der Waals surface area contributed by atoms with E-state index in [4.69, 9.17) is 10.7 Å². The van der Waals surface area contributed by atoms with Gasteiger partial charge in [-0.3, -0.25) is 4.90 Å². The summed E-state index contributed by atoms with van der Waals surface area (Å²) < 4.78 is 0. The van der Waals surface area contributed by atoms with Crippen LogP contribution in [0, 0.1) is 0 Å². The number of hydrogen-bond acceptors (Lipinski definition) is 5. The average molecular weight is 361 g/mol. The van der Waals surface area contributed by atoms with Crippen molar-refractivity contribution in [2.45, 2.75) is 6.92 Å². The molecule has 7 heteroatoms. The van der Waals surface area contributed by atoms with Crippen molar-refractivity contribution < 1.29 is 9.90 Å². The monoisotopic (exact) mass is 361 g/mol. The SMILES string of the molecule is CCN(C(=O)O)c1cc2c(c(N)n1)N=C(c1ccc3ccccc3c1)CN2. The van der Waals surface area contributed by atoms with Crippen molar-refractivity contribution in [1.29, 1.82) is 0 Å². The van der Waals surface area contributed by atoms with Crippen molar-refractivity contribution in [3.63, 3.8) is 0 Å². The molecule has 3 aromatic rings. The minimum absolute atomic E-state index is 0.202. The van der Waals surface area contributed by atoms with Crippen LogP contribution in [-0.2, 0) is 0 Å². The summed E-state index contributed by atoms with van der Waals surface area (Å²) in [5.74, 6) is 0.491. The summed E-state index contributed by atoms with van der Waals surface area (Å²) in [6.07, 6.45) is -1.07. The molecule has 0 saturated heterocycles. The molecule has 136 valence electrons. The fourth-order valence-corrected chi connectivity index (χ4v) is 3.22. The van der Waals surface area contributed by atoms with Gasteiger partial charge in [-0.1, -0.05) is 36.4 Å². The van der Waals surface area contributed by atoms with Gasteiger partial charge in [-0.05, 0) is 29.3 Å². The van der Waals surface area contributed by atoms with Crippen molar-refractivity contribution >= 4 is 45.6 Å². The van der Waals surface area contributed by atoms with Gasteiger partial charge in [-0.25, -0.2) is 14.8 Å². The third kappa shape index (κ3) is 3.03. The fourth-order valence-electron chi connectivity index (χ4n) is 3.22. The van der Waals surface area contributed by atoms with Gasteiger partial charge >= 0.3 is 6.09 Å². The van der Waals surface area contributed by atoms with Crippen molar-refractivity contribution in [1.82, 2.24) is 4.98 Å². The zero-order valence-corrected chi connectivity index (χ0v) is 14.8. The summed E-state index contributed by atoms with van der Waals surface area (Å²) in [4.78, 5) is 21.4. The van der Waals surface area contributed by atoms with Crippen molar-refractivity contribution in [3.05, 3.63) is 54.1 Å². The van der Waals surface area contributed by atoms with Crippen LogP contribution in [0.3, 0.4) is 0 Å². The molecule has 1 aliphatic heterocycles.